The molecule has 0 atom stereocenters. The van der Waals surface area contributed by atoms with Crippen LogP contribution in [0.15, 0.2) is 33.8 Å². The van der Waals surface area contributed by atoms with Gasteiger partial charge in [0.25, 0.3) is 0 Å². The Morgan fingerprint density at radius 1 is 1.36 bits per heavy atom. The molecule has 0 radical (unpaired) electrons. The number of ketones is 1. The molecule has 0 bridgehead atoms. The van der Waals surface area contributed by atoms with E-state index in [1.807, 2.05) is 45.2 Å². The molecule has 1 aliphatic rings. The normalized spacial score (nSPS) is 14.6. The number of hydrogen-bond acceptors (Lipinski definition) is 6. The van der Waals surface area contributed by atoms with E-state index in [0.29, 0.717) is 30.1 Å². The molecule has 3 rings (SSSR count). The van der Waals surface area contributed by atoms with Gasteiger partial charge >= 0.3 is 0 Å². The van der Waals surface area contributed by atoms with Crippen molar-refractivity contribution in [3.8, 4) is 0 Å². The minimum Gasteiger partial charge on any atom is -0.355 e. The molecule has 0 saturated heterocycles. The fraction of sp³-hybridized carbons (Fsp3) is 0.294. The van der Waals surface area contributed by atoms with Crippen LogP contribution in [0.1, 0.15) is 32.9 Å². The standard InChI is InChI=1S/C17H21BrN6O/c1-10-14(16(25)12-5-4-6-13(18)9-12)11(2)20-15(10)17-21-23(3)24(22-17)8-7-19/h4-6,9,20H,7-8,19H2,1-3H3,(H,21,22). The van der Waals surface area contributed by atoms with Crippen molar-refractivity contribution in [1.29, 1.82) is 0 Å². The van der Waals surface area contributed by atoms with Crippen molar-refractivity contribution >= 4 is 27.5 Å². The van der Waals surface area contributed by atoms with Crippen LogP contribution in [-0.4, -0.2) is 47.0 Å². The lowest BCUT2D eigenvalue weighted by Gasteiger charge is -2.20. The molecule has 8 heteroatoms. The quantitative estimate of drug-likeness (QED) is 0.662. The van der Waals surface area contributed by atoms with Crippen molar-refractivity contribution in [3.63, 3.8) is 0 Å². The van der Waals surface area contributed by atoms with E-state index >= 15 is 0 Å². The van der Waals surface area contributed by atoms with E-state index < -0.39 is 0 Å². The minimum absolute atomic E-state index is 0.00966. The Morgan fingerprint density at radius 3 is 2.80 bits per heavy atom. The van der Waals surface area contributed by atoms with Crippen LogP contribution in [0.25, 0.3) is 0 Å². The lowest BCUT2D eigenvalue weighted by atomic mass is 9.99. The number of halogens is 1. The Balaban J connectivity index is 1.97. The van der Waals surface area contributed by atoms with Gasteiger partial charge in [0.1, 0.15) is 0 Å². The van der Waals surface area contributed by atoms with Gasteiger partial charge in [-0.05, 0) is 31.5 Å². The number of nitrogens with zero attached hydrogens (tertiary/aromatic N) is 3. The number of aromatic amines is 1. The zero-order valence-corrected chi connectivity index (χ0v) is 16.0. The van der Waals surface area contributed by atoms with Crippen LogP contribution in [0.5, 0.6) is 0 Å². The highest BCUT2D eigenvalue weighted by atomic mass is 79.9. The molecular formula is C17H21BrN6O. The third kappa shape index (κ3) is 3.33. The van der Waals surface area contributed by atoms with Crippen LogP contribution in [0.4, 0.5) is 0 Å². The van der Waals surface area contributed by atoms with E-state index in [1.165, 1.54) is 0 Å². The largest absolute Gasteiger partial charge is 0.355 e. The first-order valence-electron chi connectivity index (χ1n) is 7.98. The monoisotopic (exact) mass is 404 g/mol. The van der Waals surface area contributed by atoms with E-state index in [0.717, 1.165) is 21.4 Å². The molecule has 0 fully saturated rings. The molecular weight excluding hydrogens is 384 g/mol. The number of rotatable bonds is 5. The highest BCUT2D eigenvalue weighted by molar-refractivity contribution is 9.10. The van der Waals surface area contributed by atoms with Gasteiger partial charge in [-0.3, -0.25) is 10.2 Å². The SMILES string of the molecule is Cc1[nH]c(C2=NN(CCN)N(C)N2)c(C)c1C(=O)c1cccc(Br)c1. The number of amidine groups is 1. The first kappa shape index (κ1) is 17.7. The number of hydrazone groups is 1. The molecule has 132 valence electrons. The van der Waals surface area contributed by atoms with Gasteiger partial charge in [0.05, 0.1) is 12.2 Å². The summed E-state index contributed by atoms with van der Waals surface area (Å²) in [4.78, 5) is 16.3. The number of benzene rings is 1. The maximum Gasteiger partial charge on any atom is 0.195 e. The Bertz CT molecular complexity index is 844. The van der Waals surface area contributed by atoms with Crippen LogP contribution >= 0.6 is 15.9 Å². The summed E-state index contributed by atoms with van der Waals surface area (Å²) in [6, 6.07) is 7.41. The van der Waals surface area contributed by atoms with Crippen molar-refractivity contribution in [2.24, 2.45) is 10.8 Å². The zero-order chi connectivity index (χ0) is 18.1. The van der Waals surface area contributed by atoms with Crippen LogP contribution < -0.4 is 11.2 Å². The number of aromatic nitrogens is 1. The smallest absolute Gasteiger partial charge is 0.195 e. The first-order valence-corrected chi connectivity index (χ1v) is 8.78. The molecule has 0 aliphatic carbocycles. The van der Waals surface area contributed by atoms with Gasteiger partial charge in [-0.25, -0.2) is 5.12 Å². The summed E-state index contributed by atoms with van der Waals surface area (Å²) in [6.45, 7) is 4.94. The summed E-state index contributed by atoms with van der Waals surface area (Å²) in [5.41, 5.74) is 12.6. The maximum atomic E-state index is 13.0. The molecule has 1 aromatic carbocycles. The fourth-order valence-electron chi connectivity index (χ4n) is 2.94. The van der Waals surface area contributed by atoms with Crippen LogP contribution in [0.3, 0.4) is 0 Å². The van der Waals surface area contributed by atoms with E-state index in [4.69, 9.17) is 5.73 Å². The van der Waals surface area contributed by atoms with Crippen molar-refractivity contribution in [1.82, 2.24) is 20.6 Å². The average molecular weight is 405 g/mol. The summed E-state index contributed by atoms with van der Waals surface area (Å²) in [6.07, 6.45) is 0. The van der Waals surface area contributed by atoms with Crippen molar-refractivity contribution in [2.75, 3.05) is 20.1 Å². The van der Waals surface area contributed by atoms with Crippen molar-refractivity contribution < 1.29 is 4.79 Å². The topological polar surface area (TPSA) is 89.8 Å². The lowest BCUT2D eigenvalue weighted by molar-refractivity contribution is 0.00267. The van der Waals surface area contributed by atoms with Gasteiger partial charge in [0.15, 0.2) is 11.6 Å². The zero-order valence-electron chi connectivity index (χ0n) is 14.4. The molecule has 2 aromatic rings. The molecule has 4 N–H and O–H groups in total. The number of nitrogens with one attached hydrogen (secondary N) is 2. The highest BCUT2D eigenvalue weighted by Crippen LogP contribution is 2.24. The second kappa shape index (κ2) is 6.99. The first-order chi connectivity index (χ1) is 11.9. The summed E-state index contributed by atoms with van der Waals surface area (Å²) in [7, 11) is 1.87. The van der Waals surface area contributed by atoms with Crippen molar-refractivity contribution in [3.05, 3.63) is 56.8 Å². The van der Waals surface area contributed by atoms with Gasteiger partial charge in [0.2, 0.25) is 0 Å². The molecule has 0 saturated carbocycles. The number of hydrazine groups is 2. The number of carbonyl (C=O) groups is 1. The van der Waals surface area contributed by atoms with Crippen LogP contribution in [-0.2, 0) is 0 Å². The molecule has 0 amide bonds. The van der Waals surface area contributed by atoms with Gasteiger partial charge in [-0.2, -0.15) is 0 Å². The molecule has 2 heterocycles. The number of hydrogen-bond donors (Lipinski definition) is 3. The van der Waals surface area contributed by atoms with Crippen LogP contribution in [0, 0.1) is 13.8 Å². The van der Waals surface area contributed by atoms with Gasteiger partial charge < -0.3 is 10.7 Å². The van der Waals surface area contributed by atoms with Gasteiger partial charge in [0, 0.05) is 34.9 Å². The molecule has 0 unspecified atom stereocenters. The number of H-pyrrole nitrogens is 1. The molecule has 0 spiro atoms. The second-order valence-corrected chi connectivity index (χ2v) is 6.85. The van der Waals surface area contributed by atoms with Crippen LogP contribution in [0.2, 0.25) is 0 Å². The predicted molar refractivity (Wildman–Crippen MR) is 101 cm³/mol. The Labute approximate surface area is 154 Å². The van der Waals surface area contributed by atoms with Gasteiger partial charge in [-0.1, -0.05) is 28.1 Å². The van der Waals surface area contributed by atoms with E-state index in [1.54, 1.807) is 10.2 Å². The molecule has 25 heavy (non-hydrogen) atoms. The fourth-order valence-corrected chi connectivity index (χ4v) is 3.34. The summed E-state index contributed by atoms with van der Waals surface area (Å²) in [5.74, 6) is 0.661. The maximum absolute atomic E-state index is 13.0. The van der Waals surface area contributed by atoms with Crippen molar-refractivity contribution in [2.45, 2.75) is 13.8 Å². The average Bonchev–Trinajstić information content (AvgIpc) is 3.07. The predicted octanol–water partition coefficient (Wildman–Crippen LogP) is 1.91. The summed E-state index contributed by atoms with van der Waals surface area (Å²) >= 11 is 3.42. The summed E-state index contributed by atoms with van der Waals surface area (Å²) < 4.78 is 0.880. The van der Waals surface area contributed by atoms with E-state index in [-0.39, 0.29) is 5.78 Å². The number of carbonyl (C=O) groups excluding carboxylic acids is 1. The molecule has 1 aromatic heterocycles. The Hall–Kier alpha value is -2.16. The van der Waals surface area contributed by atoms with E-state index in [9.17, 15) is 4.79 Å². The number of aryl methyl sites for hydroxylation is 1. The molecule has 1 aliphatic heterocycles. The second-order valence-electron chi connectivity index (χ2n) is 5.93. The highest BCUT2D eigenvalue weighted by Gasteiger charge is 2.26. The minimum atomic E-state index is -0.00966. The van der Waals surface area contributed by atoms with Gasteiger partial charge in [-0.15, -0.1) is 10.2 Å². The third-order valence-corrected chi connectivity index (χ3v) is 4.64. The summed E-state index contributed by atoms with van der Waals surface area (Å²) in [5, 5.41) is 8.05. The van der Waals surface area contributed by atoms with E-state index in [2.05, 4.69) is 31.4 Å². The molecule has 7 nitrogen and oxygen atoms in total. The number of nitrogens with two attached hydrogens (primary N) is 1. The Morgan fingerprint density at radius 2 is 2.12 bits per heavy atom. The Kier molecular flexibility index (Phi) is 4.94. The lowest BCUT2D eigenvalue weighted by Crippen LogP contribution is -2.42. The third-order valence-electron chi connectivity index (χ3n) is 4.15.